The number of nitrogens with one attached hydrogen (secondary N) is 1. The summed E-state index contributed by atoms with van der Waals surface area (Å²) in [6, 6.07) is 1.38. The van der Waals surface area contributed by atoms with E-state index < -0.39 is 0 Å². The molecule has 0 spiro atoms. The van der Waals surface area contributed by atoms with Gasteiger partial charge in [0, 0.05) is 30.7 Å². The summed E-state index contributed by atoms with van der Waals surface area (Å²) < 4.78 is 0. The highest BCUT2D eigenvalue weighted by atomic mass is 15.3. The molecule has 2 heteroatoms. The van der Waals surface area contributed by atoms with Gasteiger partial charge in [-0.15, -0.1) is 0 Å². The van der Waals surface area contributed by atoms with Gasteiger partial charge in [-0.1, -0.05) is 13.8 Å². The summed E-state index contributed by atoms with van der Waals surface area (Å²) in [6.45, 7) is 9.46. The maximum Gasteiger partial charge on any atom is 0.0209 e. The van der Waals surface area contributed by atoms with Crippen molar-refractivity contribution in [2.45, 2.75) is 57.7 Å². The average Bonchev–Trinajstić information content (AvgIpc) is 2.62. The van der Waals surface area contributed by atoms with E-state index in [1.165, 1.54) is 32.4 Å². The van der Waals surface area contributed by atoms with Gasteiger partial charge in [0.2, 0.25) is 0 Å². The van der Waals surface area contributed by atoms with E-state index in [4.69, 9.17) is 0 Å². The van der Waals surface area contributed by atoms with Crippen LogP contribution in [-0.2, 0) is 0 Å². The minimum atomic E-state index is 0.591. The second-order valence-corrected chi connectivity index (χ2v) is 5.25. The van der Waals surface area contributed by atoms with Gasteiger partial charge < -0.3 is 5.32 Å². The first kappa shape index (κ1) is 9.47. The van der Waals surface area contributed by atoms with Gasteiger partial charge in [-0.05, 0) is 26.2 Å². The standard InChI is InChI=1S/C11H22N2/c1-9(2)12-10-4-7-13(8-10)11(3)5-6-11/h9-10,12H,4-8H2,1-3H3. The third-order valence-electron chi connectivity index (χ3n) is 3.49. The second kappa shape index (κ2) is 3.25. The van der Waals surface area contributed by atoms with Crippen LogP contribution in [0.5, 0.6) is 0 Å². The highest BCUT2D eigenvalue weighted by molar-refractivity contribution is 5.03. The van der Waals surface area contributed by atoms with Crippen LogP contribution in [0.3, 0.4) is 0 Å². The largest absolute Gasteiger partial charge is 0.310 e. The lowest BCUT2D eigenvalue weighted by atomic mass is 10.2. The fourth-order valence-corrected chi connectivity index (χ4v) is 2.36. The Morgan fingerprint density at radius 1 is 1.38 bits per heavy atom. The summed E-state index contributed by atoms with van der Waals surface area (Å²) in [5.41, 5.74) is 0.591. The lowest BCUT2D eigenvalue weighted by Gasteiger charge is -2.24. The number of hydrogen-bond donors (Lipinski definition) is 1. The molecule has 1 atom stereocenters. The molecule has 1 aliphatic carbocycles. The maximum absolute atomic E-state index is 3.63. The van der Waals surface area contributed by atoms with Gasteiger partial charge in [0.1, 0.15) is 0 Å². The van der Waals surface area contributed by atoms with Crippen LogP contribution >= 0.6 is 0 Å². The van der Waals surface area contributed by atoms with E-state index in [-0.39, 0.29) is 0 Å². The summed E-state index contributed by atoms with van der Waals surface area (Å²) in [4.78, 5) is 2.67. The number of rotatable bonds is 3. The molecule has 1 N–H and O–H groups in total. The molecule has 2 fully saturated rings. The fourth-order valence-electron chi connectivity index (χ4n) is 2.36. The Labute approximate surface area is 81.7 Å². The van der Waals surface area contributed by atoms with Gasteiger partial charge in [-0.2, -0.15) is 0 Å². The van der Waals surface area contributed by atoms with Gasteiger partial charge in [-0.25, -0.2) is 0 Å². The minimum Gasteiger partial charge on any atom is -0.310 e. The van der Waals surface area contributed by atoms with E-state index in [0.717, 1.165) is 6.04 Å². The third kappa shape index (κ3) is 2.05. The molecule has 0 radical (unpaired) electrons. The van der Waals surface area contributed by atoms with Crippen molar-refractivity contribution in [3.63, 3.8) is 0 Å². The number of likely N-dealkylation sites (tertiary alicyclic amines) is 1. The molecule has 2 nitrogen and oxygen atoms in total. The van der Waals surface area contributed by atoms with Crippen molar-refractivity contribution in [2.24, 2.45) is 0 Å². The van der Waals surface area contributed by atoms with Gasteiger partial charge >= 0.3 is 0 Å². The van der Waals surface area contributed by atoms with Crippen LogP contribution in [0.4, 0.5) is 0 Å². The Kier molecular flexibility index (Phi) is 2.37. The quantitative estimate of drug-likeness (QED) is 0.713. The lowest BCUT2D eigenvalue weighted by molar-refractivity contribution is 0.232. The van der Waals surface area contributed by atoms with E-state index in [1.54, 1.807) is 0 Å². The van der Waals surface area contributed by atoms with Crippen LogP contribution in [0, 0.1) is 0 Å². The van der Waals surface area contributed by atoms with Crippen molar-refractivity contribution in [3.05, 3.63) is 0 Å². The van der Waals surface area contributed by atoms with Crippen molar-refractivity contribution in [3.8, 4) is 0 Å². The summed E-state index contributed by atoms with van der Waals surface area (Å²) in [5, 5.41) is 3.63. The van der Waals surface area contributed by atoms with Crippen LogP contribution < -0.4 is 5.32 Å². The summed E-state index contributed by atoms with van der Waals surface area (Å²) in [7, 11) is 0. The van der Waals surface area contributed by atoms with E-state index >= 15 is 0 Å². The monoisotopic (exact) mass is 182 g/mol. The first-order valence-electron chi connectivity index (χ1n) is 5.61. The molecule has 1 saturated heterocycles. The molecule has 0 aromatic heterocycles. The van der Waals surface area contributed by atoms with Crippen LogP contribution in [0.25, 0.3) is 0 Å². The molecule has 76 valence electrons. The molecular formula is C11H22N2. The molecule has 2 aliphatic rings. The third-order valence-corrected chi connectivity index (χ3v) is 3.49. The molecule has 1 aliphatic heterocycles. The van der Waals surface area contributed by atoms with Gasteiger partial charge in [0.15, 0.2) is 0 Å². The zero-order chi connectivity index (χ0) is 9.47. The molecule has 0 amide bonds. The molecule has 0 aromatic rings. The first-order chi connectivity index (χ1) is 6.10. The minimum absolute atomic E-state index is 0.591. The second-order valence-electron chi connectivity index (χ2n) is 5.25. The lowest BCUT2D eigenvalue weighted by Crippen LogP contribution is -2.39. The van der Waals surface area contributed by atoms with Crippen molar-refractivity contribution in [2.75, 3.05) is 13.1 Å². The molecule has 1 saturated carbocycles. The average molecular weight is 182 g/mol. The van der Waals surface area contributed by atoms with Crippen LogP contribution in [-0.4, -0.2) is 35.6 Å². The predicted octanol–water partition coefficient (Wildman–Crippen LogP) is 1.61. The van der Waals surface area contributed by atoms with Crippen molar-refractivity contribution in [1.29, 1.82) is 0 Å². The molecule has 0 aromatic carbocycles. The van der Waals surface area contributed by atoms with Crippen molar-refractivity contribution >= 4 is 0 Å². The fraction of sp³-hybridized carbons (Fsp3) is 1.00. The normalized spacial score (nSPS) is 32.8. The molecule has 0 bridgehead atoms. The SMILES string of the molecule is CC(C)NC1CCN(C2(C)CC2)C1. The van der Waals surface area contributed by atoms with E-state index in [1.807, 2.05) is 0 Å². The van der Waals surface area contributed by atoms with Crippen LogP contribution in [0.1, 0.15) is 40.0 Å². The van der Waals surface area contributed by atoms with Crippen LogP contribution in [0.15, 0.2) is 0 Å². The zero-order valence-electron chi connectivity index (χ0n) is 9.14. The Bertz CT molecular complexity index is 185. The van der Waals surface area contributed by atoms with Crippen LogP contribution in [0.2, 0.25) is 0 Å². The zero-order valence-corrected chi connectivity index (χ0v) is 9.14. The molecule has 1 unspecified atom stereocenters. The number of hydrogen-bond acceptors (Lipinski definition) is 2. The van der Waals surface area contributed by atoms with Gasteiger partial charge in [-0.3, -0.25) is 4.90 Å². The van der Waals surface area contributed by atoms with Crippen molar-refractivity contribution < 1.29 is 0 Å². The Balaban J connectivity index is 1.80. The number of nitrogens with zero attached hydrogens (tertiary/aromatic N) is 1. The van der Waals surface area contributed by atoms with E-state index in [2.05, 4.69) is 31.0 Å². The van der Waals surface area contributed by atoms with Crippen molar-refractivity contribution in [1.82, 2.24) is 10.2 Å². The summed E-state index contributed by atoms with van der Waals surface area (Å²) >= 11 is 0. The topological polar surface area (TPSA) is 15.3 Å². The van der Waals surface area contributed by atoms with Gasteiger partial charge in [0.25, 0.3) is 0 Å². The highest BCUT2D eigenvalue weighted by Crippen LogP contribution is 2.42. The highest BCUT2D eigenvalue weighted by Gasteiger charge is 2.45. The smallest absolute Gasteiger partial charge is 0.0209 e. The van der Waals surface area contributed by atoms with Gasteiger partial charge in [0.05, 0.1) is 0 Å². The molecular weight excluding hydrogens is 160 g/mol. The summed E-state index contributed by atoms with van der Waals surface area (Å²) in [6.07, 6.45) is 4.18. The van der Waals surface area contributed by atoms with E-state index in [0.29, 0.717) is 11.6 Å². The predicted molar refractivity (Wildman–Crippen MR) is 55.9 cm³/mol. The molecule has 13 heavy (non-hydrogen) atoms. The molecule has 1 heterocycles. The Morgan fingerprint density at radius 3 is 2.62 bits per heavy atom. The molecule has 2 rings (SSSR count). The Morgan fingerprint density at radius 2 is 2.08 bits per heavy atom. The summed E-state index contributed by atoms with van der Waals surface area (Å²) in [5.74, 6) is 0. The first-order valence-corrected chi connectivity index (χ1v) is 5.61. The van der Waals surface area contributed by atoms with E-state index in [9.17, 15) is 0 Å². The Hall–Kier alpha value is -0.0800. The maximum atomic E-state index is 3.63.